The standard InChI is InChI=1S/C21H32N4O2/c1-17(20(26)23-18-9-5-2-3-6-10-18)22-21(27)25-15-13-24(14-16-25)19-11-7-4-8-12-19/h4,7-8,11-12,17-18H,2-3,5-6,9-10,13-16H2,1H3,(H,22,27)(H,23,26). The lowest BCUT2D eigenvalue weighted by Gasteiger charge is -2.36. The Morgan fingerprint density at radius 2 is 1.59 bits per heavy atom. The monoisotopic (exact) mass is 372 g/mol. The molecule has 3 amide bonds. The molecule has 2 N–H and O–H groups in total. The van der Waals surface area contributed by atoms with Gasteiger partial charge in [0.1, 0.15) is 6.04 Å². The van der Waals surface area contributed by atoms with E-state index in [1.165, 1.54) is 31.4 Å². The minimum absolute atomic E-state index is 0.0711. The van der Waals surface area contributed by atoms with Gasteiger partial charge in [0.2, 0.25) is 5.91 Å². The summed E-state index contributed by atoms with van der Waals surface area (Å²) in [6.07, 6.45) is 6.97. The lowest BCUT2D eigenvalue weighted by Crippen LogP contribution is -2.56. The van der Waals surface area contributed by atoms with E-state index in [0.717, 1.165) is 25.9 Å². The van der Waals surface area contributed by atoms with Crippen LogP contribution in [0.15, 0.2) is 30.3 Å². The molecule has 0 aromatic heterocycles. The average Bonchev–Trinajstić information content (AvgIpc) is 2.97. The number of hydrogen-bond acceptors (Lipinski definition) is 3. The highest BCUT2D eigenvalue weighted by Gasteiger charge is 2.25. The summed E-state index contributed by atoms with van der Waals surface area (Å²) < 4.78 is 0. The van der Waals surface area contributed by atoms with Gasteiger partial charge in [0.15, 0.2) is 0 Å². The molecule has 6 heteroatoms. The molecule has 0 spiro atoms. The molecule has 2 fully saturated rings. The van der Waals surface area contributed by atoms with Crippen molar-refractivity contribution in [1.29, 1.82) is 0 Å². The number of piperazine rings is 1. The van der Waals surface area contributed by atoms with Crippen LogP contribution in [0.4, 0.5) is 10.5 Å². The summed E-state index contributed by atoms with van der Waals surface area (Å²) in [7, 11) is 0. The Morgan fingerprint density at radius 3 is 2.22 bits per heavy atom. The first kappa shape index (κ1) is 19.5. The van der Waals surface area contributed by atoms with E-state index in [1.54, 1.807) is 11.8 Å². The van der Waals surface area contributed by atoms with Crippen molar-refractivity contribution >= 4 is 17.6 Å². The molecular formula is C21H32N4O2. The summed E-state index contributed by atoms with van der Waals surface area (Å²) in [5, 5.41) is 5.98. The van der Waals surface area contributed by atoms with Crippen LogP contribution >= 0.6 is 0 Å². The zero-order valence-electron chi connectivity index (χ0n) is 16.3. The van der Waals surface area contributed by atoms with Gasteiger partial charge in [-0.15, -0.1) is 0 Å². The minimum atomic E-state index is -0.507. The largest absolute Gasteiger partial charge is 0.368 e. The molecule has 3 rings (SSSR count). The number of nitrogens with one attached hydrogen (secondary N) is 2. The summed E-state index contributed by atoms with van der Waals surface area (Å²) in [5.41, 5.74) is 1.19. The topological polar surface area (TPSA) is 64.7 Å². The number of urea groups is 1. The van der Waals surface area contributed by atoms with E-state index in [9.17, 15) is 9.59 Å². The maximum absolute atomic E-state index is 12.5. The molecule has 1 saturated carbocycles. The fourth-order valence-corrected chi connectivity index (χ4v) is 3.90. The quantitative estimate of drug-likeness (QED) is 0.799. The van der Waals surface area contributed by atoms with E-state index in [0.29, 0.717) is 13.1 Å². The normalized spacial score (nSPS) is 19.9. The molecule has 1 unspecified atom stereocenters. The van der Waals surface area contributed by atoms with Crippen LogP contribution in [-0.2, 0) is 4.79 Å². The van der Waals surface area contributed by atoms with Crippen molar-refractivity contribution in [3.63, 3.8) is 0 Å². The van der Waals surface area contributed by atoms with Crippen molar-refractivity contribution in [3.8, 4) is 0 Å². The molecule has 1 aromatic carbocycles. The number of anilines is 1. The van der Waals surface area contributed by atoms with E-state index < -0.39 is 6.04 Å². The molecule has 1 heterocycles. The summed E-state index contributed by atoms with van der Waals surface area (Å²) >= 11 is 0. The van der Waals surface area contributed by atoms with Crippen LogP contribution in [0, 0.1) is 0 Å². The van der Waals surface area contributed by atoms with Crippen molar-refractivity contribution in [2.75, 3.05) is 31.1 Å². The van der Waals surface area contributed by atoms with Gasteiger partial charge >= 0.3 is 6.03 Å². The van der Waals surface area contributed by atoms with Crippen LogP contribution in [0.2, 0.25) is 0 Å². The third-order valence-electron chi connectivity index (χ3n) is 5.62. The van der Waals surface area contributed by atoms with Gasteiger partial charge < -0.3 is 20.4 Å². The second kappa shape index (κ2) is 9.62. The third kappa shape index (κ3) is 5.62. The molecule has 0 radical (unpaired) electrons. The molecule has 1 atom stereocenters. The number of amides is 3. The minimum Gasteiger partial charge on any atom is -0.368 e. The summed E-state index contributed by atoms with van der Waals surface area (Å²) in [4.78, 5) is 29.0. The van der Waals surface area contributed by atoms with Crippen LogP contribution in [-0.4, -0.2) is 55.1 Å². The Balaban J connectivity index is 1.42. The summed E-state index contributed by atoms with van der Waals surface area (Å²) in [5.74, 6) is -0.0711. The molecule has 1 aromatic rings. The lowest BCUT2D eigenvalue weighted by molar-refractivity contribution is -0.123. The number of benzene rings is 1. The smallest absolute Gasteiger partial charge is 0.318 e. The summed E-state index contributed by atoms with van der Waals surface area (Å²) in [6, 6.07) is 9.86. The fourth-order valence-electron chi connectivity index (χ4n) is 3.90. The number of hydrogen-bond donors (Lipinski definition) is 2. The number of nitrogens with zero attached hydrogens (tertiary/aromatic N) is 2. The van der Waals surface area contributed by atoms with Crippen molar-refractivity contribution in [3.05, 3.63) is 30.3 Å². The molecule has 1 saturated heterocycles. The molecule has 6 nitrogen and oxygen atoms in total. The summed E-state index contributed by atoms with van der Waals surface area (Å²) in [6.45, 7) is 4.71. The van der Waals surface area contributed by atoms with Crippen LogP contribution < -0.4 is 15.5 Å². The molecule has 148 valence electrons. The van der Waals surface area contributed by atoms with E-state index >= 15 is 0 Å². The maximum Gasteiger partial charge on any atom is 0.318 e. The Hall–Kier alpha value is -2.24. The molecule has 27 heavy (non-hydrogen) atoms. The van der Waals surface area contributed by atoms with Crippen molar-refractivity contribution in [1.82, 2.24) is 15.5 Å². The van der Waals surface area contributed by atoms with Gasteiger partial charge in [0, 0.05) is 37.9 Å². The van der Waals surface area contributed by atoms with Crippen molar-refractivity contribution in [2.45, 2.75) is 57.5 Å². The molecule has 0 bridgehead atoms. The van der Waals surface area contributed by atoms with E-state index in [1.807, 2.05) is 18.2 Å². The average molecular weight is 373 g/mol. The number of carbonyl (C=O) groups excluding carboxylic acids is 2. The zero-order chi connectivity index (χ0) is 19.1. The van der Waals surface area contributed by atoms with Crippen LogP contribution in [0.25, 0.3) is 0 Å². The van der Waals surface area contributed by atoms with Gasteiger partial charge in [0.25, 0.3) is 0 Å². The molecule has 1 aliphatic carbocycles. The van der Waals surface area contributed by atoms with Crippen LogP contribution in [0.3, 0.4) is 0 Å². The van der Waals surface area contributed by atoms with Gasteiger partial charge in [-0.1, -0.05) is 43.9 Å². The Kier molecular flexibility index (Phi) is 6.96. The second-order valence-corrected chi connectivity index (χ2v) is 7.68. The van der Waals surface area contributed by atoms with Gasteiger partial charge in [-0.3, -0.25) is 4.79 Å². The van der Waals surface area contributed by atoms with Crippen LogP contribution in [0.1, 0.15) is 45.4 Å². The number of carbonyl (C=O) groups is 2. The second-order valence-electron chi connectivity index (χ2n) is 7.68. The van der Waals surface area contributed by atoms with Gasteiger partial charge in [-0.2, -0.15) is 0 Å². The van der Waals surface area contributed by atoms with Gasteiger partial charge in [-0.25, -0.2) is 4.79 Å². The Morgan fingerprint density at radius 1 is 0.963 bits per heavy atom. The predicted molar refractivity (Wildman–Crippen MR) is 108 cm³/mol. The highest BCUT2D eigenvalue weighted by Crippen LogP contribution is 2.17. The Labute approximate surface area is 162 Å². The molecular weight excluding hydrogens is 340 g/mol. The SMILES string of the molecule is CC(NC(=O)N1CCN(c2ccccc2)CC1)C(=O)NC1CCCCCC1. The Bertz CT molecular complexity index is 606. The van der Waals surface area contributed by atoms with Crippen molar-refractivity contribution < 1.29 is 9.59 Å². The molecule has 2 aliphatic rings. The number of rotatable bonds is 4. The first-order valence-corrected chi connectivity index (χ1v) is 10.3. The van der Waals surface area contributed by atoms with Crippen LogP contribution in [0.5, 0.6) is 0 Å². The van der Waals surface area contributed by atoms with E-state index in [-0.39, 0.29) is 18.0 Å². The fraction of sp³-hybridized carbons (Fsp3) is 0.619. The van der Waals surface area contributed by atoms with E-state index in [2.05, 4.69) is 27.7 Å². The zero-order valence-corrected chi connectivity index (χ0v) is 16.3. The predicted octanol–water partition coefficient (Wildman–Crippen LogP) is 2.75. The van der Waals surface area contributed by atoms with Gasteiger partial charge in [-0.05, 0) is 31.9 Å². The van der Waals surface area contributed by atoms with E-state index in [4.69, 9.17) is 0 Å². The first-order valence-electron chi connectivity index (χ1n) is 10.3. The van der Waals surface area contributed by atoms with Crippen molar-refractivity contribution in [2.24, 2.45) is 0 Å². The first-order chi connectivity index (χ1) is 13.1. The highest BCUT2D eigenvalue weighted by atomic mass is 16.2. The third-order valence-corrected chi connectivity index (χ3v) is 5.62. The van der Waals surface area contributed by atoms with Gasteiger partial charge in [0.05, 0.1) is 0 Å². The molecule has 1 aliphatic heterocycles. The number of para-hydroxylation sites is 1. The maximum atomic E-state index is 12.5. The highest BCUT2D eigenvalue weighted by molar-refractivity contribution is 5.87. The lowest BCUT2D eigenvalue weighted by atomic mass is 10.1.